The lowest BCUT2D eigenvalue weighted by Gasteiger charge is -2.42. The summed E-state index contributed by atoms with van der Waals surface area (Å²) in [5, 5.41) is 13.0. The van der Waals surface area contributed by atoms with Gasteiger partial charge in [0.1, 0.15) is 11.4 Å². The molecule has 0 amide bonds. The Morgan fingerprint density at radius 3 is 2.71 bits per heavy atom. The predicted molar refractivity (Wildman–Crippen MR) is 107 cm³/mol. The number of nitrogens with one attached hydrogen (secondary N) is 1. The Labute approximate surface area is 164 Å². The summed E-state index contributed by atoms with van der Waals surface area (Å²) < 4.78 is 19.6. The zero-order chi connectivity index (χ0) is 19.9. The smallest absolute Gasteiger partial charge is 0.339 e. The first-order valence-electron chi connectivity index (χ1n) is 9.61. The van der Waals surface area contributed by atoms with Crippen LogP contribution in [-0.2, 0) is 11.2 Å². The normalized spacial score (nSPS) is 21.0. The molecule has 0 aliphatic carbocycles. The summed E-state index contributed by atoms with van der Waals surface area (Å²) in [6, 6.07) is 11.3. The molecule has 2 heterocycles. The Hall–Kier alpha value is -2.60. The van der Waals surface area contributed by atoms with Crippen LogP contribution >= 0.6 is 0 Å². The van der Waals surface area contributed by atoms with Crippen LogP contribution in [0.3, 0.4) is 0 Å². The molecule has 0 radical (unpaired) electrons. The van der Waals surface area contributed by atoms with Crippen molar-refractivity contribution in [1.29, 1.82) is 0 Å². The fourth-order valence-electron chi connectivity index (χ4n) is 4.33. The molecule has 0 aromatic heterocycles. The third-order valence-electron chi connectivity index (χ3n) is 5.77. The number of rotatable bonds is 3. The molecule has 2 aliphatic heterocycles. The molecule has 28 heavy (non-hydrogen) atoms. The van der Waals surface area contributed by atoms with Crippen LogP contribution in [0.5, 0.6) is 0 Å². The van der Waals surface area contributed by atoms with Gasteiger partial charge in [0, 0.05) is 24.5 Å². The van der Waals surface area contributed by atoms with Gasteiger partial charge in [0.05, 0.1) is 19.3 Å². The number of morpholine rings is 1. The Morgan fingerprint density at radius 2 is 2.00 bits per heavy atom. The second-order valence-electron chi connectivity index (χ2n) is 8.19. The molecule has 0 spiro atoms. The molecule has 6 heteroatoms. The number of aromatic carboxylic acids is 1. The standard InChI is InChI=1S/C22H25FN2O3/c1-22(2)13-16-18(7-6-17(23)19(16)21(26)27)24-20(22)14-4-3-5-15(12-14)25-8-10-28-11-9-25/h3-7,12,20,24H,8-11,13H2,1-2H3,(H,26,27). The maximum atomic E-state index is 14.1. The second-order valence-corrected chi connectivity index (χ2v) is 8.19. The largest absolute Gasteiger partial charge is 0.478 e. The summed E-state index contributed by atoms with van der Waals surface area (Å²) in [4.78, 5) is 13.9. The Kier molecular flexibility index (Phi) is 4.75. The van der Waals surface area contributed by atoms with Gasteiger partial charge in [0.2, 0.25) is 0 Å². The number of benzene rings is 2. The number of carboxylic acid groups (broad SMARTS) is 1. The topological polar surface area (TPSA) is 61.8 Å². The Morgan fingerprint density at radius 1 is 1.25 bits per heavy atom. The van der Waals surface area contributed by atoms with Crippen molar-refractivity contribution >= 4 is 17.3 Å². The zero-order valence-electron chi connectivity index (χ0n) is 16.2. The van der Waals surface area contributed by atoms with Crippen LogP contribution in [0.15, 0.2) is 36.4 Å². The number of carboxylic acids is 1. The van der Waals surface area contributed by atoms with E-state index in [1.807, 2.05) is 0 Å². The lowest BCUT2D eigenvalue weighted by Crippen LogP contribution is -2.37. The molecule has 1 atom stereocenters. The van der Waals surface area contributed by atoms with Crippen molar-refractivity contribution < 1.29 is 19.0 Å². The minimum absolute atomic E-state index is 0.00639. The monoisotopic (exact) mass is 384 g/mol. The van der Waals surface area contributed by atoms with Crippen LogP contribution < -0.4 is 10.2 Å². The minimum atomic E-state index is -1.22. The fourth-order valence-corrected chi connectivity index (χ4v) is 4.33. The van der Waals surface area contributed by atoms with Crippen molar-refractivity contribution in [3.05, 3.63) is 58.9 Å². The summed E-state index contributed by atoms with van der Waals surface area (Å²) in [6.45, 7) is 7.38. The molecular formula is C22H25FN2O3. The van der Waals surface area contributed by atoms with Gasteiger partial charge >= 0.3 is 5.97 Å². The van der Waals surface area contributed by atoms with E-state index in [9.17, 15) is 14.3 Å². The zero-order valence-corrected chi connectivity index (χ0v) is 16.2. The van der Waals surface area contributed by atoms with Crippen LogP contribution in [-0.4, -0.2) is 37.4 Å². The average molecular weight is 384 g/mol. The highest BCUT2D eigenvalue weighted by Gasteiger charge is 2.38. The van der Waals surface area contributed by atoms with Gasteiger partial charge in [-0.15, -0.1) is 0 Å². The summed E-state index contributed by atoms with van der Waals surface area (Å²) in [7, 11) is 0. The van der Waals surface area contributed by atoms with Gasteiger partial charge in [-0.25, -0.2) is 9.18 Å². The van der Waals surface area contributed by atoms with E-state index in [2.05, 4.69) is 48.3 Å². The number of fused-ring (bicyclic) bond motifs is 1. The van der Waals surface area contributed by atoms with Gasteiger partial charge in [-0.05, 0) is 47.2 Å². The van der Waals surface area contributed by atoms with Crippen molar-refractivity contribution in [2.75, 3.05) is 36.5 Å². The van der Waals surface area contributed by atoms with E-state index < -0.39 is 11.8 Å². The first-order chi connectivity index (χ1) is 13.4. The molecule has 0 bridgehead atoms. The first-order valence-corrected chi connectivity index (χ1v) is 9.61. The number of hydrogen-bond acceptors (Lipinski definition) is 4. The van der Waals surface area contributed by atoms with E-state index in [1.54, 1.807) is 6.07 Å². The molecule has 1 fully saturated rings. The van der Waals surface area contributed by atoms with Gasteiger partial charge in [-0.2, -0.15) is 0 Å². The van der Waals surface area contributed by atoms with Crippen molar-refractivity contribution in [3.63, 3.8) is 0 Å². The molecule has 1 saturated heterocycles. The van der Waals surface area contributed by atoms with Crippen molar-refractivity contribution in [2.45, 2.75) is 26.3 Å². The summed E-state index contributed by atoms with van der Waals surface area (Å²) in [5.41, 5.74) is 3.03. The first kappa shape index (κ1) is 18.7. The number of hydrogen-bond donors (Lipinski definition) is 2. The maximum Gasteiger partial charge on any atom is 0.339 e. The van der Waals surface area contributed by atoms with E-state index in [0.717, 1.165) is 37.6 Å². The quantitative estimate of drug-likeness (QED) is 0.834. The van der Waals surface area contributed by atoms with E-state index >= 15 is 0 Å². The van der Waals surface area contributed by atoms with E-state index in [1.165, 1.54) is 6.07 Å². The molecule has 148 valence electrons. The molecule has 2 aromatic rings. The number of carbonyl (C=O) groups is 1. The van der Waals surface area contributed by atoms with Gasteiger partial charge in [0.15, 0.2) is 0 Å². The predicted octanol–water partition coefficient (Wildman–Crippen LogP) is 4.10. The third kappa shape index (κ3) is 3.33. The SMILES string of the molecule is CC1(C)Cc2c(ccc(F)c2C(=O)O)NC1c1cccc(N2CCOCC2)c1. The molecule has 2 aromatic carbocycles. The Bertz CT molecular complexity index is 907. The van der Waals surface area contributed by atoms with Crippen molar-refractivity contribution in [1.82, 2.24) is 0 Å². The van der Waals surface area contributed by atoms with E-state index in [-0.39, 0.29) is 17.0 Å². The maximum absolute atomic E-state index is 14.1. The van der Waals surface area contributed by atoms with E-state index in [0.29, 0.717) is 17.7 Å². The Balaban J connectivity index is 1.70. The summed E-state index contributed by atoms with van der Waals surface area (Å²) >= 11 is 0. The molecule has 4 rings (SSSR count). The van der Waals surface area contributed by atoms with Crippen LogP contribution in [0, 0.1) is 11.2 Å². The van der Waals surface area contributed by atoms with Gasteiger partial charge in [-0.3, -0.25) is 0 Å². The van der Waals surface area contributed by atoms with Crippen molar-refractivity contribution in [3.8, 4) is 0 Å². The van der Waals surface area contributed by atoms with Crippen LogP contribution in [0.1, 0.15) is 41.4 Å². The molecule has 0 saturated carbocycles. The molecule has 1 unspecified atom stereocenters. The van der Waals surface area contributed by atoms with E-state index in [4.69, 9.17) is 4.74 Å². The van der Waals surface area contributed by atoms with Gasteiger partial charge in [0.25, 0.3) is 0 Å². The highest BCUT2D eigenvalue weighted by Crippen LogP contribution is 2.46. The molecule has 2 aliphatic rings. The number of halogens is 1. The summed E-state index contributed by atoms with van der Waals surface area (Å²) in [6.07, 6.45) is 0.487. The highest BCUT2D eigenvalue weighted by molar-refractivity contribution is 5.92. The number of nitrogens with zero attached hydrogens (tertiary/aromatic N) is 1. The third-order valence-corrected chi connectivity index (χ3v) is 5.77. The lowest BCUT2D eigenvalue weighted by molar-refractivity contribution is 0.0689. The van der Waals surface area contributed by atoms with Crippen LogP contribution in [0.25, 0.3) is 0 Å². The lowest BCUT2D eigenvalue weighted by atomic mass is 9.72. The minimum Gasteiger partial charge on any atom is -0.478 e. The summed E-state index contributed by atoms with van der Waals surface area (Å²) in [5.74, 6) is -1.91. The van der Waals surface area contributed by atoms with Crippen LogP contribution in [0.4, 0.5) is 15.8 Å². The number of anilines is 2. The highest BCUT2D eigenvalue weighted by atomic mass is 19.1. The van der Waals surface area contributed by atoms with Crippen LogP contribution in [0.2, 0.25) is 0 Å². The van der Waals surface area contributed by atoms with Gasteiger partial charge in [-0.1, -0.05) is 26.0 Å². The molecule has 2 N–H and O–H groups in total. The van der Waals surface area contributed by atoms with Gasteiger partial charge < -0.3 is 20.1 Å². The fraction of sp³-hybridized carbons (Fsp3) is 0.409. The number of ether oxygens (including phenoxy) is 1. The molecular weight excluding hydrogens is 359 g/mol. The molecule has 5 nitrogen and oxygen atoms in total. The second kappa shape index (κ2) is 7.09. The average Bonchev–Trinajstić information content (AvgIpc) is 2.67. The van der Waals surface area contributed by atoms with Crippen molar-refractivity contribution in [2.24, 2.45) is 5.41 Å².